The molecule has 0 aliphatic carbocycles. The predicted octanol–water partition coefficient (Wildman–Crippen LogP) is 22.5. The summed E-state index contributed by atoms with van der Waals surface area (Å²) in [4.78, 5) is 24.5. The molecular formula is C71H137NO5. The number of aliphatic hydroxyl groups excluding tert-OH is 2. The van der Waals surface area contributed by atoms with E-state index in [1.807, 2.05) is 0 Å². The molecule has 2 unspecified atom stereocenters. The molecule has 0 aromatic carbocycles. The molecule has 0 saturated carbocycles. The van der Waals surface area contributed by atoms with Crippen molar-refractivity contribution in [3.8, 4) is 0 Å². The lowest BCUT2D eigenvalue weighted by Crippen LogP contribution is -2.45. The minimum atomic E-state index is -0.661. The molecule has 0 aliphatic heterocycles. The number of aliphatic hydroxyl groups is 2. The van der Waals surface area contributed by atoms with E-state index < -0.39 is 12.1 Å². The van der Waals surface area contributed by atoms with Gasteiger partial charge in [-0.3, -0.25) is 9.59 Å². The summed E-state index contributed by atoms with van der Waals surface area (Å²) in [5.41, 5.74) is 0. The van der Waals surface area contributed by atoms with Crippen molar-refractivity contribution in [1.29, 1.82) is 0 Å². The number of allylic oxidation sites excluding steroid dienone is 4. The number of amides is 1. The predicted molar refractivity (Wildman–Crippen MR) is 338 cm³/mol. The topological polar surface area (TPSA) is 95.9 Å². The lowest BCUT2D eigenvalue weighted by molar-refractivity contribution is -0.143. The summed E-state index contributed by atoms with van der Waals surface area (Å²) in [6, 6.07) is -0.538. The third-order valence-electron chi connectivity index (χ3n) is 16.5. The number of hydrogen-bond acceptors (Lipinski definition) is 5. The summed E-state index contributed by atoms with van der Waals surface area (Å²) in [5, 5.41) is 23.2. The van der Waals surface area contributed by atoms with E-state index in [2.05, 4.69) is 43.5 Å². The molecule has 0 spiro atoms. The number of rotatable bonds is 66. The average molecular weight is 1080 g/mol. The molecule has 0 aromatic heterocycles. The zero-order valence-electron chi connectivity index (χ0n) is 52.2. The molecule has 0 rings (SSSR count). The van der Waals surface area contributed by atoms with Crippen molar-refractivity contribution < 1.29 is 24.5 Å². The first-order chi connectivity index (χ1) is 38.0. The van der Waals surface area contributed by atoms with E-state index >= 15 is 0 Å². The Morgan fingerprint density at radius 1 is 0.364 bits per heavy atom. The second kappa shape index (κ2) is 66.8. The molecule has 456 valence electrons. The van der Waals surface area contributed by atoms with Crippen LogP contribution in [0.4, 0.5) is 0 Å². The Bertz CT molecular complexity index is 1200. The number of carbonyl (C=O) groups is 2. The Balaban J connectivity index is 3.35. The molecule has 0 aliphatic rings. The molecular weight excluding hydrogens is 947 g/mol. The minimum absolute atomic E-state index is 0.0182. The van der Waals surface area contributed by atoms with Crippen LogP contribution in [-0.4, -0.2) is 47.4 Å². The van der Waals surface area contributed by atoms with Crippen LogP contribution in [0.1, 0.15) is 393 Å². The lowest BCUT2D eigenvalue weighted by Gasteiger charge is -2.22. The maximum Gasteiger partial charge on any atom is 0.305 e. The van der Waals surface area contributed by atoms with E-state index in [1.54, 1.807) is 0 Å². The molecule has 0 bridgehead atoms. The maximum atomic E-state index is 12.5. The quantitative estimate of drug-likeness (QED) is 0.0320. The highest BCUT2D eigenvalue weighted by Gasteiger charge is 2.20. The highest BCUT2D eigenvalue weighted by molar-refractivity contribution is 5.76. The fourth-order valence-corrected chi connectivity index (χ4v) is 11.1. The van der Waals surface area contributed by atoms with Gasteiger partial charge in [0.15, 0.2) is 0 Å². The average Bonchev–Trinajstić information content (AvgIpc) is 3.43. The van der Waals surface area contributed by atoms with E-state index in [0.29, 0.717) is 25.9 Å². The second-order valence-electron chi connectivity index (χ2n) is 24.2. The van der Waals surface area contributed by atoms with E-state index in [1.165, 1.54) is 315 Å². The van der Waals surface area contributed by atoms with E-state index in [-0.39, 0.29) is 18.5 Å². The van der Waals surface area contributed by atoms with Crippen molar-refractivity contribution in [2.45, 2.75) is 405 Å². The van der Waals surface area contributed by atoms with Crippen LogP contribution in [0.5, 0.6) is 0 Å². The molecule has 0 heterocycles. The summed E-state index contributed by atoms with van der Waals surface area (Å²) >= 11 is 0. The maximum absolute atomic E-state index is 12.5. The molecule has 1 amide bonds. The van der Waals surface area contributed by atoms with Gasteiger partial charge >= 0.3 is 5.97 Å². The van der Waals surface area contributed by atoms with Crippen molar-refractivity contribution in [3.05, 3.63) is 24.3 Å². The Morgan fingerprint density at radius 3 is 0.987 bits per heavy atom. The van der Waals surface area contributed by atoms with Gasteiger partial charge in [-0.25, -0.2) is 0 Å². The number of ether oxygens (including phenoxy) is 1. The normalized spacial score (nSPS) is 12.6. The van der Waals surface area contributed by atoms with Crippen molar-refractivity contribution in [3.63, 3.8) is 0 Å². The first kappa shape index (κ1) is 75.3. The number of nitrogens with one attached hydrogen (secondary N) is 1. The first-order valence-electron chi connectivity index (χ1n) is 35.1. The van der Waals surface area contributed by atoms with E-state index in [4.69, 9.17) is 4.74 Å². The van der Waals surface area contributed by atoms with Crippen LogP contribution in [0.3, 0.4) is 0 Å². The first-order valence-corrected chi connectivity index (χ1v) is 35.1. The van der Waals surface area contributed by atoms with Crippen LogP contribution in [0.2, 0.25) is 0 Å². The van der Waals surface area contributed by atoms with Gasteiger partial charge in [0.25, 0.3) is 0 Å². The van der Waals surface area contributed by atoms with Crippen molar-refractivity contribution in [1.82, 2.24) is 5.32 Å². The Hall–Kier alpha value is -1.66. The van der Waals surface area contributed by atoms with E-state index in [9.17, 15) is 19.8 Å². The van der Waals surface area contributed by atoms with Gasteiger partial charge < -0.3 is 20.3 Å². The van der Waals surface area contributed by atoms with Gasteiger partial charge in [-0.2, -0.15) is 0 Å². The number of unbranched alkanes of at least 4 members (excludes halogenated alkanes) is 51. The third-order valence-corrected chi connectivity index (χ3v) is 16.5. The zero-order valence-corrected chi connectivity index (χ0v) is 52.2. The van der Waals surface area contributed by atoms with Gasteiger partial charge in [-0.05, 0) is 57.8 Å². The van der Waals surface area contributed by atoms with Crippen LogP contribution in [-0.2, 0) is 14.3 Å². The molecule has 0 fully saturated rings. The van der Waals surface area contributed by atoms with Crippen molar-refractivity contribution >= 4 is 11.9 Å². The largest absolute Gasteiger partial charge is 0.466 e. The van der Waals surface area contributed by atoms with Crippen LogP contribution in [0.25, 0.3) is 0 Å². The SMILES string of the molecule is CCCCCCCCCCCCCCCCCCC(=O)OCCCCCCCCCCC/C=C\C/C=C\CCCCCCCCCCCCCCCCCCCC(=O)NC(CO)C(O)CCCCCCCCCCCCC. The van der Waals surface area contributed by atoms with Gasteiger partial charge in [0, 0.05) is 12.8 Å². The molecule has 0 aromatic rings. The Kier molecular flexibility index (Phi) is 65.4. The van der Waals surface area contributed by atoms with Gasteiger partial charge in [0.1, 0.15) is 0 Å². The van der Waals surface area contributed by atoms with Gasteiger partial charge in [0.05, 0.1) is 25.4 Å². The summed E-state index contributed by atoms with van der Waals surface area (Å²) in [7, 11) is 0. The lowest BCUT2D eigenvalue weighted by atomic mass is 10.0. The third kappa shape index (κ3) is 63.4. The summed E-state index contributed by atoms with van der Waals surface area (Å²) in [6.07, 6.45) is 83.8. The van der Waals surface area contributed by atoms with Crippen LogP contribution < -0.4 is 5.32 Å². The molecule has 2 atom stereocenters. The number of carbonyl (C=O) groups excluding carboxylic acids is 2. The highest BCUT2D eigenvalue weighted by Crippen LogP contribution is 2.19. The standard InChI is InChI=1S/C71H137NO5/c1-3-5-7-9-11-13-15-16-17-38-41-45-49-53-57-61-65-71(76)77-66-62-58-54-50-46-42-39-36-34-32-30-28-26-24-22-20-18-19-21-23-25-27-29-31-33-35-37-40-44-48-52-56-60-64-70(75)72-68(67-73)69(74)63-59-55-51-47-43-14-12-10-8-6-4-2/h22,24,28,30,68-69,73-74H,3-21,23,25-27,29,31-67H2,1-2H3,(H,72,75)/b24-22-,30-28-. The summed E-state index contributed by atoms with van der Waals surface area (Å²) in [6.45, 7) is 4.97. The molecule has 0 saturated heterocycles. The fraction of sp³-hybridized carbons (Fsp3) is 0.915. The highest BCUT2D eigenvalue weighted by atomic mass is 16.5. The molecule has 0 radical (unpaired) electrons. The van der Waals surface area contributed by atoms with Crippen molar-refractivity contribution in [2.24, 2.45) is 0 Å². The molecule has 6 nitrogen and oxygen atoms in total. The smallest absolute Gasteiger partial charge is 0.305 e. The minimum Gasteiger partial charge on any atom is -0.466 e. The van der Waals surface area contributed by atoms with Gasteiger partial charge in [-0.15, -0.1) is 0 Å². The zero-order chi connectivity index (χ0) is 55.7. The Morgan fingerprint density at radius 2 is 0.649 bits per heavy atom. The van der Waals surface area contributed by atoms with Gasteiger partial charge in [-0.1, -0.05) is 346 Å². The van der Waals surface area contributed by atoms with Crippen LogP contribution in [0, 0.1) is 0 Å². The molecule has 6 heteroatoms. The molecule has 77 heavy (non-hydrogen) atoms. The Labute approximate surface area is 481 Å². The fourth-order valence-electron chi connectivity index (χ4n) is 11.1. The van der Waals surface area contributed by atoms with Gasteiger partial charge in [0.2, 0.25) is 5.91 Å². The summed E-state index contributed by atoms with van der Waals surface area (Å²) < 4.78 is 5.50. The number of hydrogen-bond donors (Lipinski definition) is 3. The molecule has 3 N–H and O–H groups in total. The van der Waals surface area contributed by atoms with E-state index in [0.717, 1.165) is 44.9 Å². The monoisotopic (exact) mass is 1080 g/mol. The van der Waals surface area contributed by atoms with Crippen molar-refractivity contribution in [2.75, 3.05) is 13.2 Å². The van der Waals surface area contributed by atoms with Crippen LogP contribution in [0.15, 0.2) is 24.3 Å². The second-order valence-corrected chi connectivity index (χ2v) is 24.2. The van der Waals surface area contributed by atoms with Crippen LogP contribution >= 0.6 is 0 Å². The summed E-state index contributed by atoms with van der Waals surface area (Å²) in [5.74, 6) is -0.0141. The number of esters is 1.